The lowest BCUT2D eigenvalue weighted by Gasteiger charge is -2.42. The van der Waals surface area contributed by atoms with Gasteiger partial charge in [-0.3, -0.25) is 14.7 Å². The number of nitrogens with zero attached hydrogens (tertiary/aromatic N) is 2. The molecule has 0 saturated carbocycles. The molecule has 0 bridgehead atoms. The van der Waals surface area contributed by atoms with Crippen LogP contribution in [0.2, 0.25) is 0 Å². The summed E-state index contributed by atoms with van der Waals surface area (Å²) in [6.07, 6.45) is 4.40. The first-order chi connectivity index (χ1) is 10.2. The Bertz CT molecular complexity index is 454. The maximum atomic E-state index is 12.1. The second-order valence-corrected chi connectivity index (χ2v) is 5.25. The molecule has 6 nitrogen and oxygen atoms in total. The molecule has 0 aromatic carbocycles. The van der Waals surface area contributed by atoms with Gasteiger partial charge in [-0.25, -0.2) is 0 Å². The van der Waals surface area contributed by atoms with Crippen molar-refractivity contribution in [2.24, 2.45) is 5.73 Å². The molecule has 1 amide bonds. The fourth-order valence-corrected chi connectivity index (χ4v) is 2.80. The van der Waals surface area contributed by atoms with Crippen molar-refractivity contribution >= 4 is 5.91 Å². The van der Waals surface area contributed by atoms with E-state index in [1.807, 2.05) is 18.3 Å². The largest absolute Gasteiger partial charge is 0.378 e. The van der Waals surface area contributed by atoms with E-state index >= 15 is 0 Å². The molecule has 116 valence electrons. The number of aromatic nitrogens is 1. The Morgan fingerprint density at radius 1 is 1.67 bits per heavy atom. The van der Waals surface area contributed by atoms with E-state index in [9.17, 15) is 4.79 Å². The number of amides is 1. The molecular formula is C15H24N4O2. The number of ether oxygens (including phenoxy) is 1. The fourth-order valence-electron chi connectivity index (χ4n) is 2.80. The van der Waals surface area contributed by atoms with Gasteiger partial charge in [0.05, 0.1) is 19.3 Å². The van der Waals surface area contributed by atoms with Gasteiger partial charge in [-0.15, -0.1) is 0 Å². The van der Waals surface area contributed by atoms with Crippen LogP contribution in [0.1, 0.15) is 24.9 Å². The first kappa shape index (κ1) is 15.9. The first-order valence-corrected chi connectivity index (χ1v) is 7.39. The number of nitrogens with two attached hydrogens (primary N) is 1. The van der Waals surface area contributed by atoms with Crippen LogP contribution >= 0.6 is 0 Å². The van der Waals surface area contributed by atoms with E-state index < -0.39 is 0 Å². The lowest BCUT2D eigenvalue weighted by Crippen LogP contribution is -2.57. The van der Waals surface area contributed by atoms with Gasteiger partial charge in [0, 0.05) is 32.0 Å². The molecule has 3 atom stereocenters. The van der Waals surface area contributed by atoms with Gasteiger partial charge in [0.1, 0.15) is 6.04 Å². The van der Waals surface area contributed by atoms with Crippen molar-refractivity contribution in [3.63, 3.8) is 0 Å². The van der Waals surface area contributed by atoms with Crippen LogP contribution in [-0.4, -0.2) is 54.7 Å². The number of carbonyl (C=O) groups is 1. The predicted molar refractivity (Wildman–Crippen MR) is 80.6 cm³/mol. The highest BCUT2D eigenvalue weighted by atomic mass is 16.5. The molecule has 1 saturated heterocycles. The molecular weight excluding hydrogens is 268 g/mol. The molecule has 2 rings (SSSR count). The molecule has 1 aromatic rings. The van der Waals surface area contributed by atoms with Gasteiger partial charge in [-0.1, -0.05) is 13.0 Å². The Morgan fingerprint density at radius 2 is 2.48 bits per heavy atom. The molecule has 2 heterocycles. The lowest BCUT2D eigenvalue weighted by atomic mass is 9.95. The summed E-state index contributed by atoms with van der Waals surface area (Å²) in [5.74, 6) is -0.0353. The Morgan fingerprint density at radius 3 is 3.10 bits per heavy atom. The number of hydrogen-bond donors (Lipinski definition) is 2. The van der Waals surface area contributed by atoms with E-state index in [1.165, 1.54) is 0 Å². The zero-order chi connectivity index (χ0) is 15.2. The van der Waals surface area contributed by atoms with Crippen molar-refractivity contribution in [2.75, 3.05) is 26.8 Å². The van der Waals surface area contributed by atoms with Crippen LogP contribution in [0.4, 0.5) is 0 Å². The topological polar surface area (TPSA) is 80.5 Å². The summed E-state index contributed by atoms with van der Waals surface area (Å²) < 4.78 is 5.48. The highest BCUT2D eigenvalue weighted by molar-refractivity contribution is 5.81. The molecule has 0 spiro atoms. The summed E-state index contributed by atoms with van der Waals surface area (Å²) in [6, 6.07) is 3.52. The van der Waals surface area contributed by atoms with Crippen molar-refractivity contribution in [1.82, 2.24) is 15.2 Å². The molecule has 0 aliphatic carbocycles. The number of pyridine rings is 1. The van der Waals surface area contributed by atoms with Gasteiger partial charge < -0.3 is 15.8 Å². The number of rotatable bonds is 5. The summed E-state index contributed by atoms with van der Waals surface area (Å²) in [4.78, 5) is 18.5. The van der Waals surface area contributed by atoms with Crippen LogP contribution in [-0.2, 0) is 9.53 Å². The van der Waals surface area contributed by atoms with Gasteiger partial charge in [0.15, 0.2) is 0 Å². The van der Waals surface area contributed by atoms with Crippen LogP contribution in [0.25, 0.3) is 0 Å². The number of morpholine rings is 1. The smallest absolute Gasteiger partial charge is 0.239 e. The summed E-state index contributed by atoms with van der Waals surface area (Å²) in [5.41, 5.74) is 7.39. The fraction of sp³-hybridized carbons (Fsp3) is 0.600. The van der Waals surface area contributed by atoms with E-state index in [-0.39, 0.29) is 24.0 Å². The molecule has 3 N–H and O–H groups in total. The van der Waals surface area contributed by atoms with Gasteiger partial charge in [0.2, 0.25) is 5.91 Å². The summed E-state index contributed by atoms with van der Waals surface area (Å²) in [7, 11) is 1.65. The van der Waals surface area contributed by atoms with Crippen LogP contribution in [0.3, 0.4) is 0 Å². The van der Waals surface area contributed by atoms with Crippen molar-refractivity contribution < 1.29 is 9.53 Å². The molecule has 0 radical (unpaired) electrons. The quantitative estimate of drug-likeness (QED) is 0.816. The normalized spacial score (nSPS) is 22.5. The van der Waals surface area contributed by atoms with E-state index in [2.05, 4.69) is 22.1 Å². The number of carbonyl (C=O) groups excluding carboxylic acids is 1. The van der Waals surface area contributed by atoms with Gasteiger partial charge in [-0.2, -0.15) is 0 Å². The van der Waals surface area contributed by atoms with Crippen molar-refractivity contribution in [3.8, 4) is 0 Å². The average Bonchev–Trinajstić information content (AvgIpc) is 2.55. The third-order valence-electron chi connectivity index (χ3n) is 3.98. The maximum Gasteiger partial charge on any atom is 0.239 e. The Labute approximate surface area is 125 Å². The number of likely N-dealkylation sites (N-methyl/N-ethyl adjacent to an activating group) is 1. The van der Waals surface area contributed by atoms with Crippen LogP contribution in [0, 0.1) is 0 Å². The monoisotopic (exact) mass is 292 g/mol. The molecule has 6 heteroatoms. The van der Waals surface area contributed by atoms with Crippen molar-refractivity contribution in [2.45, 2.75) is 31.5 Å². The molecule has 21 heavy (non-hydrogen) atoms. The minimum atomic E-state index is -0.313. The maximum absolute atomic E-state index is 12.1. The highest BCUT2D eigenvalue weighted by Crippen LogP contribution is 2.28. The second kappa shape index (κ2) is 7.49. The van der Waals surface area contributed by atoms with E-state index in [0.717, 1.165) is 12.0 Å². The van der Waals surface area contributed by atoms with Gasteiger partial charge in [0.25, 0.3) is 0 Å². The Kier molecular flexibility index (Phi) is 5.67. The summed E-state index contributed by atoms with van der Waals surface area (Å²) >= 11 is 0. The van der Waals surface area contributed by atoms with Gasteiger partial charge in [-0.05, 0) is 18.1 Å². The van der Waals surface area contributed by atoms with Crippen molar-refractivity contribution in [1.29, 1.82) is 0 Å². The number of nitrogens with one attached hydrogen (secondary N) is 1. The minimum absolute atomic E-state index is 0.0325. The summed E-state index contributed by atoms with van der Waals surface area (Å²) in [6.45, 7) is 3.75. The van der Waals surface area contributed by atoms with Crippen LogP contribution in [0.5, 0.6) is 0 Å². The standard InChI is InChI=1S/C15H24N4O2/c1-3-12(16)14(11-5-4-6-18-9-11)19-7-8-21-10-13(19)15(20)17-2/h4-6,9,12-14H,3,7-8,10,16H2,1-2H3,(H,17,20). The average molecular weight is 292 g/mol. The van der Waals surface area contributed by atoms with E-state index in [1.54, 1.807) is 13.2 Å². The molecule has 1 fully saturated rings. The van der Waals surface area contributed by atoms with E-state index in [0.29, 0.717) is 19.8 Å². The van der Waals surface area contributed by atoms with Gasteiger partial charge >= 0.3 is 0 Å². The predicted octanol–water partition coefficient (Wildman–Crippen LogP) is 0.307. The number of hydrogen-bond acceptors (Lipinski definition) is 5. The third-order valence-corrected chi connectivity index (χ3v) is 3.98. The Balaban J connectivity index is 2.32. The van der Waals surface area contributed by atoms with Crippen molar-refractivity contribution in [3.05, 3.63) is 30.1 Å². The molecule has 1 aromatic heterocycles. The molecule has 3 unspecified atom stereocenters. The van der Waals surface area contributed by atoms with E-state index in [4.69, 9.17) is 10.5 Å². The molecule has 1 aliphatic rings. The first-order valence-electron chi connectivity index (χ1n) is 7.39. The van der Waals surface area contributed by atoms with Crippen LogP contribution < -0.4 is 11.1 Å². The summed E-state index contributed by atoms with van der Waals surface area (Å²) in [5, 5.41) is 2.71. The zero-order valence-electron chi connectivity index (χ0n) is 12.7. The zero-order valence-corrected chi connectivity index (χ0v) is 12.7. The second-order valence-electron chi connectivity index (χ2n) is 5.25. The Hall–Kier alpha value is -1.50. The van der Waals surface area contributed by atoms with Crippen LogP contribution in [0.15, 0.2) is 24.5 Å². The lowest BCUT2D eigenvalue weighted by molar-refractivity contribution is -0.134. The molecule has 1 aliphatic heterocycles. The minimum Gasteiger partial charge on any atom is -0.378 e. The SMILES string of the molecule is CCC(N)C(c1cccnc1)N1CCOCC1C(=O)NC. The highest BCUT2D eigenvalue weighted by Gasteiger charge is 2.36. The third kappa shape index (κ3) is 3.58.